The number of rotatable bonds is 1. The number of aromatic nitrogens is 3. The number of fused-ring (bicyclic) bond motifs is 1. The van der Waals surface area contributed by atoms with Crippen molar-refractivity contribution in [3.8, 4) is 11.3 Å². The standard InChI is InChI=1S/C18H18F3N3/c1-17(2,3)12-7-5-11(6-8-12)15-9-14(18(19,20)21)13-10-22-24(4)16(13)23-15/h5-10H,1-4H3. The average molecular weight is 333 g/mol. The van der Waals surface area contributed by atoms with Crippen LogP contribution in [0.15, 0.2) is 36.5 Å². The number of benzene rings is 1. The summed E-state index contributed by atoms with van der Waals surface area (Å²) in [5.74, 6) is 0. The van der Waals surface area contributed by atoms with Crippen molar-refractivity contribution in [1.82, 2.24) is 14.8 Å². The van der Waals surface area contributed by atoms with E-state index in [1.807, 2.05) is 24.3 Å². The summed E-state index contributed by atoms with van der Waals surface area (Å²) in [7, 11) is 1.59. The zero-order chi connectivity index (χ0) is 17.7. The topological polar surface area (TPSA) is 30.7 Å². The van der Waals surface area contributed by atoms with Crippen LogP contribution in [0.3, 0.4) is 0 Å². The van der Waals surface area contributed by atoms with Crippen molar-refractivity contribution in [2.75, 3.05) is 0 Å². The molecule has 6 heteroatoms. The Kier molecular flexibility index (Phi) is 3.66. The summed E-state index contributed by atoms with van der Waals surface area (Å²) in [5, 5.41) is 3.92. The van der Waals surface area contributed by atoms with Crippen LogP contribution in [0.1, 0.15) is 31.9 Å². The van der Waals surface area contributed by atoms with Crippen LogP contribution in [0, 0.1) is 0 Å². The third kappa shape index (κ3) is 2.88. The predicted octanol–water partition coefficient (Wildman–Crippen LogP) is 4.95. The van der Waals surface area contributed by atoms with Gasteiger partial charge in [-0.05, 0) is 17.0 Å². The molecule has 0 saturated carbocycles. The van der Waals surface area contributed by atoms with Crippen molar-refractivity contribution in [1.29, 1.82) is 0 Å². The number of nitrogens with zero attached hydrogens (tertiary/aromatic N) is 3. The Morgan fingerprint density at radius 1 is 1.00 bits per heavy atom. The Hall–Kier alpha value is -2.37. The van der Waals surface area contributed by atoms with Crippen molar-refractivity contribution in [3.63, 3.8) is 0 Å². The number of aryl methyl sites for hydroxylation is 1. The van der Waals surface area contributed by atoms with Gasteiger partial charge in [-0.3, -0.25) is 4.68 Å². The monoisotopic (exact) mass is 333 g/mol. The van der Waals surface area contributed by atoms with Crippen LogP contribution in [0.4, 0.5) is 13.2 Å². The summed E-state index contributed by atoms with van der Waals surface area (Å²) in [4.78, 5) is 4.37. The first-order valence-electron chi connectivity index (χ1n) is 7.58. The Balaban J connectivity index is 2.18. The maximum absolute atomic E-state index is 13.4. The lowest BCUT2D eigenvalue weighted by atomic mass is 9.86. The predicted molar refractivity (Wildman–Crippen MR) is 87.6 cm³/mol. The number of hydrogen-bond acceptors (Lipinski definition) is 2. The maximum Gasteiger partial charge on any atom is 0.417 e. The smallest absolute Gasteiger partial charge is 0.250 e. The minimum atomic E-state index is -4.45. The van der Waals surface area contributed by atoms with E-state index in [1.165, 1.54) is 10.9 Å². The summed E-state index contributed by atoms with van der Waals surface area (Å²) < 4.78 is 41.5. The molecule has 0 saturated heterocycles. The van der Waals surface area contributed by atoms with E-state index in [0.717, 1.165) is 11.6 Å². The fraction of sp³-hybridized carbons (Fsp3) is 0.333. The third-order valence-corrected chi connectivity index (χ3v) is 4.06. The Labute approximate surface area is 138 Å². The highest BCUT2D eigenvalue weighted by Gasteiger charge is 2.34. The van der Waals surface area contributed by atoms with Gasteiger partial charge in [0.1, 0.15) is 0 Å². The molecule has 0 N–H and O–H groups in total. The molecule has 24 heavy (non-hydrogen) atoms. The van der Waals surface area contributed by atoms with E-state index in [4.69, 9.17) is 0 Å². The van der Waals surface area contributed by atoms with E-state index >= 15 is 0 Å². The largest absolute Gasteiger partial charge is 0.417 e. The van der Waals surface area contributed by atoms with E-state index in [-0.39, 0.29) is 16.4 Å². The highest BCUT2D eigenvalue weighted by Crippen LogP contribution is 2.36. The van der Waals surface area contributed by atoms with Gasteiger partial charge in [0.15, 0.2) is 5.65 Å². The van der Waals surface area contributed by atoms with Crippen molar-refractivity contribution in [2.24, 2.45) is 7.05 Å². The van der Waals surface area contributed by atoms with Gasteiger partial charge in [0, 0.05) is 12.6 Å². The molecule has 0 spiro atoms. The maximum atomic E-state index is 13.4. The van der Waals surface area contributed by atoms with Gasteiger partial charge in [0.25, 0.3) is 0 Å². The number of halogens is 3. The highest BCUT2D eigenvalue weighted by molar-refractivity contribution is 5.83. The lowest BCUT2D eigenvalue weighted by molar-refractivity contribution is -0.136. The highest BCUT2D eigenvalue weighted by atomic mass is 19.4. The molecule has 0 aliphatic carbocycles. The lowest BCUT2D eigenvalue weighted by Gasteiger charge is -2.19. The van der Waals surface area contributed by atoms with E-state index in [0.29, 0.717) is 11.3 Å². The van der Waals surface area contributed by atoms with Gasteiger partial charge >= 0.3 is 6.18 Å². The first kappa shape index (κ1) is 16.5. The molecule has 2 heterocycles. The van der Waals surface area contributed by atoms with Crippen molar-refractivity contribution >= 4 is 11.0 Å². The molecule has 0 bridgehead atoms. The van der Waals surface area contributed by atoms with Crippen LogP contribution in [0.2, 0.25) is 0 Å². The number of pyridine rings is 1. The number of alkyl halides is 3. The van der Waals surface area contributed by atoms with Gasteiger partial charge < -0.3 is 0 Å². The molecule has 2 aromatic heterocycles. The second-order valence-electron chi connectivity index (χ2n) is 6.89. The van der Waals surface area contributed by atoms with Crippen LogP contribution in [0.5, 0.6) is 0 Å². The fourth-order valence-electron chi connectivity index (χ4n) is 2.64. The Morgan fingerprint density at radius 3 is 2.17 bits per heavy atom. The zero-order valence-electron chi connectivity index (χ0n) is 13.9. The van der Waals surface area contributed by atoms with E-state index < -0.39 is 11.7 Å². The van der Waals surface area contributed by atoms with Gasteiger partial charge in [-0.15, -0.1) is 0 Å². The molecule has 0 radical (unpaired) electrons. The SMILES string of the molecule is Cn1ncc2c(C(F)(F)F)cc(-c3ccc(C(C)(C)C)cc3)nc21. The van der Waals surface area contributed by atoms with Crippen molar-refractivity contribution in [3.05, 3.63) is 47.7 Å². The van der Waals surface area contributed by atoms with Crippen LogP contribution >= 0.6 is 0 Å². The molecule has 0 fully saturated rings. The van der Waals surface area contributed by atoms with E-state index in [9.17, 15) is 13.2 Å². The van der Waals surface area contributed by atoms with Crippen LogP contribution in [-0.4, -0.2) is 14.8 Å². The Morgan fingerprint density at radius 2 is 1.62 bits per heavy atom. The fourth-order valence-corrected chi connectivity index (χ4v) is 2.64. The summed E-state index contributed by atoms with van der Waals surface area (Å²) in [6, 6.07) is 8.57. The summed E-state index contributed by atoms with van der Waals surface area (Å²) in [5.41, 5.74) is 1.55. The molecular weight excluding hydrogens is 315 g/mol. The summed E-state index contributed by atoms with van der Waals surface area (Å²) >= 11 is 0. The molecule has 3 rings (SSSR count). The molecule has 0 atom stereocenters. The molecule has 3 nitrogen and oxygen atoms in total. The molecule has 3 aromatic rings. The van der Waals surface area contributed by atoms with Gasteiger partial charge in [-0.2, -0.15) is 18.3 Å². The van der Waals surface area contributed by atoms with Gasteiger partial charge in [0.2, 0.25) is 0 Å². The summed E-state index contributed by atoms with van der Waals surface area (Å²) in [6.45, 7) is 6.26. The minimum absolute atomic E-state index is 0.0139. The molecule has 0 aliphatic heterocycles. The van der Waals surface area contributed by atoms with Crippen LogP contribution in [0.25, 0.3) is 22.3 Å². The molecule has 0 aliphatic rings. The first-order valence-corrected chi connectivity index (χ1v) is 7.58. The van der Waals surface area contributed by atoms with Gasteiger partial charge in [-0.1, -0.05) is 45.0 Å². The van der Waals surface area contributed by atoms with Crippen molar-refractivity contribution in [2.45, 2.75) is 32.4 Å². The average Bonchev–Trinajstić information content (AvgIpc) is 2.86. The van der Waals surface area contributed by atoms with Crippen molar-refractivity contribution < 1.29 is 13.2 Å². The number of hydrogen-bond donors (Lipinski definition) is 0. The zero-order valence-corrected chi connectivity index (χ0v) is 13.9. The van der Waals surface area contributed by atoms with Crippen LogP contribution < -0.4 is 0 Å². The quantitative estimate of drug-likeness (QED) is 0.631. The van der Waals surface area contributed by atoms with E-state index in [1.54, 1.807) is 7.05 Å². The van der Waals surface area contributed by atoms with Crippen LogP contribution in [-0.2, 0) is 18.6 Å². The molecular formula is C18H18F3N3. The second-order valence-corrected chi connectivity index (χ2v) is 6.89. The normalized spacial score (nSPS) is 12.8. The van der Waals surface area contributed by atoms with E-state index in [2.05, 4.69) is 30.9 Å². The molecule has 1 aromatic carbocycles. The lowest BCUT2D eigenvalue weighted by Crippen LogP contribution is -2.10. The second kappa shape index (κ2) is 5.33. The Bertz CT molecular complexity index is 885. The third-order valence-electron chi connectivity index (χ3n) is 4.06. The van der Waals surface area contributed by atoms with Gasteiger partial charge in [-0.25, -0.2) is 4.98 Å². The minimum Gasteiger partial charge on any atom is -0.250 e. The molecule has 0 unspecified atom stereocenters. The molecule has 126 valence electrons. The van der Waals surface area contributed by atoms with Gasteiger partial charge in [0.05, 0.1) is 22.8 Å². The summed E-state index contributed by atoms with van der Waals surface area (Å²) in [6.07, 6.45) is -3.25. The first-order chi connectivity index (χ1) is 11.1. The molecule has 0 amide bonds.